The highest BCUT2D eigenvalue weighted by atomic mass is 14.9. The lowest BCUT2D eigenvalue weighted by atomic mass is 10.2. The first-order valence-electron chi connectivity index (χ1n) is 6.00. The van der Waals surface area contributed by atoms with Crippen LogP contribution in [0, 0.1) is 6.92 Å². The smallest absolute Gasteiger partial charge is 0.104 e. The van der Waals surface area contributed by atoms with Gasteiger partial charge in [0, 0.05) is 12.2 Å². The van der Waals surface area contributed by atoms with Gasteiger partial charge < -0.3 is 10.3 Å². The summed E-state index contributed by atoms with van der Waals surface area (Å²) in [6, 6.07) is 6.27. The summed E-state index contributed by atoms with van der Waals surface area (Å²) in [4.78, 5) is 7.63. The van der Waals surface area contributed by atoms with Crippen molar-refractivity contribution in [1.82, 2.24) is 9.97 Å². The van der Waals surface area contributed by atoms with Crippen molar-refractivity contribution < 1.29 is 0 Å². The lowest BCUT2D eigenvalue weighted by Gasteiger charge is -2.05. The van der Waals surface area contributed by atoms with E-state index in [2.05, 4.69) is 40.4 Å². The summed E-state index contributed by atoms with van der Waals surface area (Å²) in [6.45, 7) is 5.25. The number of rotatable bonds is 5. The minimum Gasteiger partial charge on any atom is -0.385 e. The maximum atomic E-state index is 4.38. The molecule has 1 aromatic carbocycles. The van der Waals surface area contributed by atoms with E-state index in [1.165, 1.54) is 24.9 Å². The van der Waals surface area contributed by atoms with Crippen molar-refractivity contribution in [2.45, 2.75) is 33.1 Å². The number of hydrogen-bond donors (Lipinski definition) is 2. The van der Waals surface area contributed by atoms with E-state index in [1.54, 1.807) is 0 Å². The molecule has 1 heterocycles. The molecule has 0 amide bonds. The van der Waals surface area contributed by atoms with Crippen LogP contribution < -0.4 is 5.32 Å². The van der Waals surface area contributed by atoms with E-state index >= 15 is 0 Å². The Balaban J connectivity index is 2.02. The molecule has 3 nitrogen and oxygen atoms in total. The van der Waals surface area contributed by atoms with Gasteiger partial charge in [0.25, 0.3) is 0 Å². The van der Waals surface area contributed by atoms with Crippen LogP contribution in [0.4, 0.5) is 5.69 Å². The molecule has 0 aliphatic carbocycles. The normalized spacial score (nSPS) is 10.9. The zero-order valence-electron chi connectivity index (χ0n) is 10.0. The van der Waals surface area contributed by atoms with E-state index in [0.29, 0.717) is 0 Å². The first-order valence-corrected chi connectivity index (χ1v) is 6.00. The molecular weight excluding hydrogens is 198 g/mol. The van der Waals surface area contributed by atoms with Crippen molar-refractivity contribution in [3.63, 3.8) is 0 Å². The van der Waals surface area contributed by atoms with Crippen LogP contribution in [0.5, 0.6) is 0 Å². The molecule has 2 aromatic rings. The Morgan fingerprint density at radius 3 is 3.00 bits per heavy atom. The number of H-pyrrole nitrogens is 1. The van der Waals surface area contributed by atoms with Gasteiger partial charge in [0.15, 0.2) is 0 Å². The maximum Gasteiger partial charge on any atom is 0.104 e. The van der Waals surface area contributed by atoms with E-state index in [9.17, 15) is 0 Å². The number of anilines is 1. The number of aromatic nitrogens is 2. The highest BCUT2D eigenvalue weighted by Gasteiger charge is 1.99. The van der Waals surface area contributed by atoms with Crippen LogP contribution in [0.2, 0.25) is 0 Å². The van der Waals surface area contributed by atoms with E-state index in [4.69, 9.17) is 0 Å². The fourth-order valence-corrected chi connectivity index (χ4v) is 1.85. The number of imidazole rings is 1. The highest BCUT2D eigenvalue weighted by molar-refractivity contribution is 5.79. The number of fused-ring (bicyclic) bond motifs is 1. The molecule has 0 spiro atoms. The van der Waals surface area contributed by atoms with Gasteiger partial charge in [-0.2, -0.15) is 0 Å². The topological polar surface area (TPSA) is 40.7 Å². The van der Waals surface area contributed by atoms with Gasteiger partial charge in [0.05, 0.1) is 11.0 Å². The number of aromatic amines is 1. The number of nitrogens with zero attached hydrogens (tertiary/aromatic N) is 1. The fourth-order valence-electron chi connectivity index (χ4n) is 1.85. The molecule has 16 heavy (non-hydrogen) atoms. The number of nitrogens with one attached hydrogen (secondary N) is 2. The van der Waals surface area contributed by atoms with Crippen molar-refractivity contribution in [3.05, 3.63) is 24.0 Å². The Kier molecular flexibility index (Phi) is 3.44. The molecule has 2 N–H and O–H groups in total. The summed E-state index contributed by atoms with van der Waals surface area (Å²) in [7, 11) is 0. The summed E-state index contributed by atoms with van der Waals surface area (Å²) in [6.07, 6.45) is 3.79. The van der Waals surface area contributed by atoms with Crippen LogP contribution in [0.15, 0.2) is 18.2 Å². The predicted molar refractivity (Wildman–Crippen MR) is 68.8 cm³/mol. The van der Waals surface area contributed by atoms with E-state index in [1.807, 2.05) is 6.92 Å². The molecule has 0 saturated heterocycles. The van der Waals surface area contributed by atoms with Gasteiger partial charge >= 0.3 is 0 Å². The van der Waals surface area contributed by atoms with E-state index in [-0.39, 0.29) is 0 Å². The number of aryl methyl sites for hydroxylation is 1. The lowest BCUT2D eigenvalue weighted by Crippen LogP contribution is -2.00. The van der Waals surface area contributed by atoms with Crippen LogP contribution in [0.1, 0.15) is 32.0 Å². The molecule has 0 bridgehead atoms. The van der Waals surface area contributed by atoms with Crippen molar-refractivity contribution in [3.8, 4) is 0 Å². The highest BCUT2D eigenvalue weighted by Crippen LogP contribution is 2.17. The second-order valence-corrected chi connectivity index (χ2v) is 4.19. The van der Waals surface area contributed by atoms with Gasteiger partial charge in [-0.05, 0) is 31.5 Å². The third-order valence-electron chi connectivity index (χ3n) is 2.71. The third-order valence-corrected chi connectivity index (χ3v) is 2.71. The Hall–Kier alpha value is -1.51. The van der Waals surface area contributed by atoms with E-state index < -0.39 is 0 Å². The Bertz CT molecular complexity index is 459. The van der Waals surface area contributed by atoms with Gasteiger partial charge in [-0.1, -0.05) is 19.8 Å². The second kappa shape index (κ2) is 5.01. The standard InChI is InChI=1S/C13H19N3/c1-3-4-5-8-14-11-6-7-12-13(9-11)16-10(2)15-12/h6-7,9,14H,3-5,8H2,1-2H3,(H,15,16). The third kappa shape index (κ3) is 2.54. The number of benzene rings is 1. The Labute approximate surface area is 96.3 Å². The van der Waals surface area contributed by atoms with Crippen LogP contribution in [-0.2, 0) is 0 Å². The van der Waals surface area contributed by atoms with Crippen LogP contribution >= 0.6 is 0 Å². The van der Waals surface area contributed by atoms with Crippen molar-refractivity contribution in [1.29, 1.82) is 0 Å². The summed E-state index contributed by atoms with van der Waals surface area (Å²) in [5.41, 5.74) is 3.32. The molecule has 2 rings (SSSR count). The molecule has 0 saturated carbocycles. The molecule has 86 valence electrons. The van der Waals surface area contributed by atoms with Gasteiger partial charge in [-0.15, -0.1) is 0 Å². The fraction of sp³-hybridized carbons (Fsp3) is 0.462. The van der Waals surface area contributed by atoms with Crippen molar-refractivity contribution >= 4 is 16.7 Å². The number of hydrogen-bond acceptors (Lipinski definition) is 2. The van der Waals surface area contributed by atoms with E-state index in [0.717, 1.165) is 23.4 Å². The van der Waals surface area contributed by atoms with Crippen LogP contribution in [-0.4, -0.2) is 16.5 Å². The summed E-state index contributed by atoms with van der Waals surface area (Å²) in [5, 5.41) is 3.43. The van der Waals surface area contributed by atoms with Crippen molar-refractivity contribution in [2.75, 3.05) is 11.9 Å². The zero-order chi connectivity index (χ0) is 11.4. The van der Waals surface area contributed by atoms with Gasteiger partial charge in [-0.3, -0.25) is 0 Å². The summed E-state index contributed by atoms with van der Waals surface area (Å²) < 4.78 is 0. The first kappa shape index (κ1) is 11.0. The average Bonchev–Trinajstić information content (AvgIpc) is 2.64. The Morgan fingerprint density at radius 1 is 1.31 bits per heavy atom. The quantitative estimate of drug-likeness (QED) is 0.753. The monoisotopic (exact) mass is 217 g/mol. The molecule has 0 fully saturated rings. The van der Waals surface area contributed by atoms with Crippen molar-refractivity contribution in [2.24, 2.45) is 0 Å². The summed E-state index contributed by atoms with van der Waals surface area (Å²) in [5.74, 6) is 0.970. The van der Waals surface area contributed by atoms with Crippen LogP contribution in [0.25, 0.3) is 11.0 Å². The van der Waals surface area contributed by atoms with Gasteiger partial charge in [-0.25, -0.2) is 4.98 Å². The van der Waals surface area contributed by atoms with Gasteiger partial charge in [0.1, 0.15) is 5.82 Å². The molecule has 0 unspecified atom stereocenters. The molecule has 0 radical (unpaired) electrons. The largest absolute Gasteiger partial charge is 0.385 e. The maximum absolute atomic E-state index is 4.38. The number of unbranched alkanes of at least 4 members (excludes halogenated alkanes) is 2. The first-order chi connectivity index (χ1) is 7.79. The molecule has 1 aromatic heterocycles. The minimum absolute atomic E-state index is 0.970. The molecule has 0 atom stereocenters. The average molecular weight is 217 g/mol. The molecule has 0 aliphatic heterocycles. The molecular formula is C13H19N3. The SMILES string of the molecule is CCCCCNc1ccc2nc(C)[nH]c2c1. The predicted octanol–water partition coefficient (Wildman–Crippen LogP) is 3.47. The van der Waals surface area contributed by atoms with Gasteiger partial charge in [0.2, 0.25) is 0 Å². The Morgan fingerprint density at radius 2 is 2.19 bits per heavy atom. The zero-order valence-corrected chi connectivity index (χ0v) is 10.0. The molecule has 3 heteroatoms. The van der Waals surface area contributed by atoms with Crippen LogP contribution in [0.3, 0.4) is 0 Å². The second-order valence-electron chi connectivity index (χ2n) is 4.19. The summed E-state index contributed by atoms with van der Waals surface area (Å²) >= 11 is 0. The lowest BCUT2D eigenvalue weighted by molar-refractivity contribution is 0.744. The minimum atomic E-state index is 0.970. The molecule has 0 aliphatic rings.